The van der Waals surface area contributed by atoms with Crippen molar-refractivity contribution >= 4 is 202 Å². The molecule has 0 aliphatic carbocycles. The van der Waals surface area contributed by atoms with Crippen molar-refractivity contribution < 1.29 is 8.42 Å². The number of thiophene rings is 2. The lowest BCUT2D eigenvalue weighted by Crippen LogP contribution is -2.13. The number of hydrogen-bond donors (Lipinski definition) is 0. The van der Waals surface area contributed by atoms with Gasteiger partial charge in [0.05, 0.1) is 9.79 Å². The fraction of sp³-hybridized carbons (Fsp3) is 0.118. The summed E-state index contributed by atoms with van der Waals surface area (Å²) >= 11 is 3.39. The largest absolute Gasteiger partial charge is 0.218 e. The van der Waals surface area contributed by atoms with Gasteiger partial charge in [-0.1, -0.05) is 435 Å². The van der Waals surface area contributed by atoms with Gasteiger partial charge in [-0.05, 0) is 300 Å². The van der Waals surface area contributed by atoms with E-state index in [1.54, 1.807) is 22.7 Å². The van der Waals surface area contributed by atoms with E-state index in [4.69, 9.17) is 0 Å². The van der Waals surface area contributed by atoms with Crippen LogP contribution in [0.4, 0.5) is 0 Å². The van der Waals surface area contributed by atoms with Crippen LogP contribution in [0.25, 0.3) is 259 Å². The number of benzene rings is 24. The third-order valence-corrected chi connectivity index (χ3v) is 34.6. The first kappa shape index (κ1) is 86.2. The second kappa shape index (κ2) is 31.9. The van der Waals surface area contributed by atoms with Crippen molar-refractivity contribution in [1.82, 2.24) is 0 Å². The van der Waals surface area contributed by atoms with Crippen LogP contribution in [-0.4, -0.2) is 8.42 Å². The molecular weight excluding hydrogens is 1760 g/mol. The van der Waals surface area contributed by atoms with E-state index in [9.17, 15) is 0 Å². The summed E-state index contributed by atoms with van der Waals surface area (Å²) in [5, 5.41) is 30.1. The molecule has 0 bridgehead atoms. The molecule has 0 fully saturated rings. The Morgan fingerprint density at radius 1 is 0.170 bits per heavy atom. The maximum Gasteiger partial charge on any atom is 0.209 e. The molecule has 0 N–H and O–H groups in total. The van der Waals surface area contributed by atoms with Gasteiger partial charge in [0.15, 0.2) is 0 Å². The minimum absolute atomic E-state index is 0.275. The molecule has 0 saturated carbocycles. The molecule has 0 radical (unpaired) electrons. The molecule has 0 saturated heterocycles. The lowest BCUT2D eigenvalue weighted by atomic mass is 9.77. The van der Waals surface area contributed by atoms with Crippen molar-refractivity contribution in [3.05, 3.63) is 423 Å². The summed E-state index contributed by atoms with van der Waals surface area (Å²) in [5.41, 5.74) is 19.9. The monoisotopic (exact) mass is 1860 g/mol. The van der Waals surface area contributed by atoms with Gasteiger partial charge in [-0.15, -0.1) is 22.7 Å². The first-order valence-electron chi connectivity index (χ1n) is 49.4. The molecule has 676 valence electrons. The molecule has 0 aliphatic heterocycles. The van der Waals surface area contributed by atoms with Crippen LogP contribution >= 0.6 is 22.7 Å². The zero-order chi connectivity index (χ0) is 95.8. The molecule has 26 aromatic rings. The lowest BCUT2D eigenvalue weighted by molar-refractivity contribution is 0.595. The third-order valence-electron chi connectivity index (χ3n) is 30.4. The van der Waals surface area contributed by atoms with Crippen molar-refractivity contribution in [3.63, 3.8) is 0 Å². The average molecular weight is 1860 g/mol. The summed E-state index contributed by atoms with van der Waals surface area (Å²) in [4.78, 5) is 0.555. The number of rotatable bonds is 10. The molecule has 0 unspecified atom stereocenters. The highest BCUT2D eigenvalue weighted by Gasteiger charge is 2.39. The summed E-state index contributed by atoms with van der Waals surface area (Å²) in [5.74, 6) is 0. The predicted octanol–water partition coefficient (Wildman–Crippen LogP) is 39.6. The molecule has 5 heteroatoms. The Bertz CT molecular complexity index is 9500. The van der Waals surface area contributed by atoms with E-state index in [-0.39, 0.29) is 20.6 Å². The minimum atomic E-state index is -4.98. The van der Waals surface area contributed by atoms with Crippen molar-refractivity contribution in [1.29, 1.82) is 0 Å². The fourth-order valence-electron chi connectivity index (χ4n) is 24.2. The van der Waals surface area contributed by atoms with E-state index in [0.29, 0.717) is 21.9 Å². The van der Waals surface area contributed by atoms with Gasteiger partial charge in [-0.3, -0.25) is 0 Å². The number of hydrogen-bond acceptors (Lipinski definition) is 4. The molecule has 2 nitrogen and oxygen atoms in total. The zero-order valence-electron chi connectivity index (χ0n) is 81.1. The zero-order valence-corrected chi connectivity index (χ0v) is 83.6. The summed E-state index contributed by atoms with van der Waals surface area (Å²) in [6, 6.07) is 149. The lowest BCUT2D eigenvalue weighted by Gasteiger charge is -2.28. The molecule has 0 spiro atoms. The van der Waals surface area contributed by atoms with Gasteiger partial charge < -0.3 is 0 Å². The smallest absolute Gasteiger partial charge is 0.209 e. The van der Waals surface area contributed by atoms with Gasteiger partial charge in [-0.2, -0.15) is 0 Å². The van der Waals surface area contributed by atoms with Gasteiger partial charge in [0.2, 0.25) is 9.84 Å². The van der Waals surface area contributed by atoms with E-state index in [0.717, 1.165) is 172 Å². The Hall–Kier alpha value is -15.2. The molecule has 0 aliphatic rings. The normalized spacial score (nSPS) is 12.7. The molecule has 0 amide bonds. The Labute approximate surface area is 830 Å². The Morgan fingerprint density at radius 2 is 0.390 bits per heavy atom. The summed E-state index contributed by atoms with van der Waals surface area (Å²) in [6.45, 7) is 28.0. The first-order valence-corrected chi connectivity index (χ1v) is 52.5. The maximum absolute atomic E-state index is 20.1. The van der Waals surface area contributed by atoms with Crippen LogP contribution in [-0.2, 0) is 31.5 Å². The SMILES string of the molecule is CC(C)(C)c1cccc2c(-c3ccc4ccccc4c3)c3ccccc3c(-c3ccc4c(c3)sc3ccc(-c5c6ccccc6c(-c6ccc7ccccc7c6)c6cccc(C(C)(C)C)c56)c(S(=O)(=O)c5c(-c6c7ccccc7c(-c7ccc8ccccc8c7)c7cccc(C(C)(C)C)c67)ccc6sc7cc(-c8c9ccccc9c(-c9ccc%10ccccc%10c9)c9cccc(C(C)(C)C)c89)ccc7c56)c34)c12. The van der Waals surface area contributed by atoms with E-state index in [2.05, 4.69) is 483 Å². The van der Waals surface area contributed by atoms with Crippen LogP contribution in [0.5, 0.6) is 0 Å². The van der Waals surface area contributed by atoms with Crippen LogP contribution in [0.1, 0.15) is 105 Å². The highest BCUT2D eigenvalue weighted by Crippen LogP contribution is 2.60. The highest BCUT2D eigenvalue weighted by molar-refractivity contribution is 7.92. The second-order valence-electron chi connectivity index (χ2n) is 43.1. The fourth-order valence-corrected chi connectivity index (χ4v) is 28.8. The molecule has 2 aromatic heterocycles. The minimum Gasteiger partial charge on any atom is -0.218 e. The third kappa shape index (κ3) is 13.5. The van der Waals surface area contributed by atoms with Crippen LogP contribution in [0.3, 0.4) is 0 Å². The molecule has 0 atom stereocenters. The van der Waals surface area contributed by atoms with Gasteiger partial charge in [0, 0.05) is 51.5 Å². The van der Waals surface area contributed by atoms with E-state index < -0.39 is 20.7 Å². The topological polar surface area (TPSA) is 34.1 Å². The van der Waals surface area contributed by atoms with Crippen LogP contribution in [0.15, 0.2) is 410 Å². The van der Waals surface area contributed by atoms with E-state index in [1.165, 1.54) is 87.2 Å². The Kier molecular flexibility index (Phi) is 19.5. The van der Waals surface area contributed by atoms with Gasteiger partial charge in [-0.25, -0.2) is 8.42 Å². The van der Waals surface area contributed by atoms with E-state index >= 15 is 8.42 Å². The Morgan fingerprint density at radius 3 is 0.660 bits per heavy atom. The molecule has 141 heavy (non-hydrogen) atoms. The molecule has 2 heterocycles. The van der Waals surface area contributed by atoms with Crippen LogP contribution in [0, 0.1) is 0 Å². The van der Waals surface area contributed by atoms with Crippen molar-refractivity contribution in [3.8, 4) is 89.0 Å². The second-order valence-corrected chi connectivity index (χ2v) is 47.1. The van der Waals surface area contributed by atoms with Gasteiger partial charge in [0.1, 0.15) is 0 Å². The standard InChI is InChI=1S/C136H102O2S3/c1-133(2,3)109-53-29-49-103-117(87-61-57-79-33-13-17-37-83(79)73-87)93-41-21-25-45-97(93)121(125(103)109)91-65-67-101-115(77-91)139-113-71-69-107(123-99-47-27-23-43-95(99)119(89-63-59-81-35-15-19-39-85(81)75-89)105-51-31-55-111(127(105)123)135(7,8)9)131(129(101)113)141(137,138)132-108(124-100-48-28-24-44-96(100)120(90-64-60-82-36-16-20-40-86(82)76-90)106-52-32-56-112(128(106)124)136(10,11)12)70-72-114-130(132)102-68-66-92(78-116(102)140-114)122-98-46-26-22-42-94(98)118(88-62-58-80-34-14-18-38-84(80)74-88)104-50-30-54-110(126(104)122)134(4,5)6/h13-78H,1-12H3. The van der Waals surface area contributed by atoms with Gasteiger partial charge in [0.25, 0.3) is 0 Å². The van der Waals surface area contributed by atoms with Crippen molar-refractivity contribution in [2.24, 2.45) is 0 Å². The van der Waals surface area contributed by atoms with Crippen LogP contribution in [0.2, 0.25) is 0 Å². The molecule has 24 aromatic carbocycles. The number of fused-ring (bicyclic) bond motifs is 18. The predicted molar refractivity (Wildman–Crippen MR) is 612 cm³/mol. The maximum atomic E-state index is 20.1. The van der Waals surface area contributed by atoms with Gasteiger partial charge >= 0.3 is 0 Å². The molecular formula is C136H102O2S3. The highest BCUT2D eigenvalue weighted by atomic mass is 32.2. The van der Waals surface area contributed by atoms with E-state index in [1.807, 2.05) is 0 Å². The number of sulfone groups is 1. The average Bonchev–Trinajstić information content (AvgIpc) is 1.65. The first-order chi connectivity index (χ1) is 68.3. The molecule has 26 rings (SSSR count). The summed E-state index contributed by atoms with van der Waals surface area (Å²) in [7, 11) is -4.98. The van der Waals surface area contributed by atoms with Crippen molar-refractivity contribution in [2.45, 2.75) is 115 Å². The summed E-state index contributed by atoms with van der Waals surface area (Å²) < 4.78 is 44.0. The van der Waals surface area contributed by atoms with Crippen molar-refractivity contribution in [2.75, 3.05) is 0 Å². The van der Waals surface area contributed by atoms with Crippen LogP contribution < -0.4 is 0 Å². The quantitative estimate of drug-likeness (QED) is 0.128. The Balaban J connectivity index is 0.818. The summed E-state index contributed by atoms with van der Waals surface area (Å²) in [6.07, 6.45) is 0.